The minimum absolute atomic E-state index is 0.0277. The zero-order chi connectivity index (χ0) is 25.1. The molecule has 5 rings (SSSR count). The first-order chi connectivity index (χ1) is 17.6. The molecule has 1 saturated heterocycles. The van der Waals surface area contributed by atoms with Crippen LogP contribution in [-0.4, -0.2) is 42.0 Å². The number of benzene rings is 2. The van der Waals surface area contributed by atoms with E-state index >= 15 is 0 Å². The largest absolute Gasteiger partial charge is 0.397 e. The first-order valence-electron chi connectivity index (χ1n) is 11.7. The standard InChI is InChI=1S/C26H26N10/c27-14-20-22(29)21-23(32-26(31-16-28)34-25(21)33-24(20)30)18-6-8-19(9-7-18)36-12-10-35(11-13-36)15-17-4-2-1-3-5-17/h1-9,23H,10-13,15H2,(H6,29,30,31,32,33,34). The molecule has 3 heterocycles. The number of piperazine rings is 1. The molecule has 10 nitrogen and oxygen atoms in total. The van der Waals surface area contributed by atoms with Gasteiger partial charge in [0.2, 0.25) is 5.96 Å². The predicted molar refractivity (Wildman–Crippen MR) is 140 cm³/mol. The van der Waals surface area contributed by atoms with Gasteiger partial charge in [-0.3, -0.25) is 10.2 Å². The molecule has 0 amide bonds. The number of nitriles is 2. The molecular weight excluding hydrogens is 452 g/mol. The van der Waals surface area contributed by atoms with Crippen molar-refractivity contribution in [3.05, 3.63) is 76.9 Å². The summed E-state index contributed by atoms with van der Waals surface area (Å²) in [5.74, 6) is 0.643. The number of nitrogens with zero attached hydrogens (tertiary/aromatic N) is 6. The van der Waals surface area contributed by atoms with Gasteiger partial charge in [0.1, 0.15) is 29.3 Å². The summed E-state index contributed by atoms with van der Waals surface area (Å²) in [7, 11) is 0. The number of nitrogens with one attached hydrogen (secondary N) is 2. The Labute approximate surface area is 209 Å². The van der Waals surface area contributed by atoms with Crippen LogP contribution in [0.1, 0.15) is 28.3 Å². The van der Waals surface area contributed by atoms with Gasteiger partial charge in [0.05, 0.1) is 5.69 Å². The Morgan fingerprint density at radius 3 is 2.39 bits per heavy atom. The molecule has 2 aliphatic rings. The fourth-order valence-electron chi connectivity index (χ4n) is 4.70. The maximum atomic E-state index is 9.51. The second-order valence-corrected chi connectivity index (χ2v) is 8.74. The Hall–Kier alpha value is -4.80. The van der Waals surface area contributed by atoms with Crippen LogP contribution < -0.4 is 27.0 Å². The van der Waals surface area contributed by atoms with E-state index in [-0.39, 0.29) is 23.0 Å². The van der Waals surface area contributed by atoms with E-state index in [0.29, 0.717) is 11.4 Å². The van der Waals surface area contributed by atoms with Crippen molar-refractivity contribution in [3.8, 4) is 12.3 Å². The highest BCUT2D eigenvalue weighted by atomic mass is 15.3. The van der Waals surface area contributed by atoms with Crippen LogP contribution in [0.15, 0.2) is 59.6 Å². The van der Waals surface area contributed by atoms with Gasteiger partial charge in [0, 0.05) is 44.0 Å². The molecule has 0 saturated carbocycles. The van der Waals surface area contributed by atoms with Crippen LogP contribution in [0.3, 0.4) is 0 Å². The van der Waals surface area contributed by atoms with Crippen LogP contribution in [-0.2, 0) is 6.54 Å². The zero-order valence-corrected chi connectivity index (χ0v) is 19.6. The molecule has 180 valence electrons. The van der Waals surface area contributed by atoms with E-state index in [0.717, 1.165) is 44.0 Å². The van der Waals surface area contributed by atoms with Gasteiger partial charge in [-0.2, -0.15) is 10.5 Å². The van der Waals surface area contributed by atoms with Gasteiger partial charge in [-0.1, -0.05) is 42.5 Å². The first kappa shape index (κ1) is 23.0. The maximum Gasteiger partial charge on any atom is 0.211 e. The van der Waals surface area contributed by atoms with Crippen LogP contribution in [0, 0.1) is 22.8 Å². The summed E-state index contributed by atoms with van der Waals surface area (Å²) in [5.41, 5.74) is 16.5. The molecule has 36 heavy (non-hydrogen) atoms. The quantitative estimate of drug-likeness (QED) is 0.327. The third-order valence-electron chi connectivity index (χ3n) is 6.55. The van der Waals surface area contributed by atoms with E-state index in [1.807, 2.05) is 30.5 Å². The summed E-state index contributed by atoms with van der Waals surface area (Å²) in [6.45, 7) is 4.83. The van der Waals surface area contributed by atoms with Crippen LogP contribution in [0.25, 0.3) is 0 Å². The highest BCUT2D eigenvalue weighted by Gasteiger charge is 2.29. The van der Waals surface area contributed by atoms with Gasteiger partial charge in [0.25, 0.3) is 0 Å². The number of hydrogen-bond acceptors (Lipinski definition) is 10. The summed E-state index contributed by atoms with van der Waals surface area (Å²) in [6.07, 6.45) is 1.87. The molecule has 1 atom stereocenters. The molecule has 6 N–H and O–H groups in total. The molecule has 10 heteroatoms. The third kappa shape index (κ3) is 4.45. The molecule has 0 bridgehead atoms. The summed E-state index contributed by atoms with van der Waals surface area (Å²) in [6, 6.07) is 20.2. The van der Waals surface area contributed by atoms with Crippen molar-refractivity contribution in [2.75, 3.05) is 47.9 Å². The van der Waals surface area contributed by atoms with E-state index in [2.05, 4.69) is 66.8 Å². The zero-order valence-electron chi connectivity index (χ0n) is 19.6. The third-order valence-corrected chi connectivity index (χ3v) is 6.55. The lowest BCUT2D eigenvalue weighted by molar-refractivity contribution is 0.250. The molecule has 1 unspecified atom stereocenters. The van der Waals surface area contributed by atoms with E-state index in [4.69, 9.17) is 16.7 Å². The molecule has 1 fully saturated rings. The fraction of sp³-hybridized carbons (Fsp3) is 0.231. The average Bonchev–Trinajstić information content (AvgIpc) is 2.90. The molecule has 1 aromatic heterocycles. The second kappa shape index (κ2) is 9.82. The van der Waals surface area contributed by atoms with E-state index in [1.165, 1.54) is 5.56 Å². The van der Waals surface area contributed by atoms with Crippen molar-refractivity contribution >= 4 is 29.0 Å². The van der Waals surface area contributed by atoms with E-state index in [9.17, 15) is 5.26 Å². The van der Waals surface area contributed by atoms with E-state index in [1.54, 1.807) is 0 Å². The Balaban J connectivity index is 1.35. The molecule has 3 aromatic rings. The summed E-state index contributed by atoms with van der Waals surface area (Å²) >= 11 is 0. The van der Waals surface area contributed by atoms with Crippen molar-refractivity contribution in [2.45, 2.75) is 12.6 Å². The number of aliphatic imine (C=N–C) groups is 1. The second-order valence-electron chi connectivity index (χ2n) is 8.74. The van der Waals surface area contributed by atoms with E-state index < -0.39 is 6.04 Å². The minimum atomic E-state index is -0.547. The normalized spacial score (nSPS) is 17.2. The summed E-state index contributed by atoms with van der Waals surface area (Å²) in [4.78, 5) is 13.8. The minimum Gasteiger partial charge on any atom is -0.397 e. The van der Waals surface area contributed by atoms with Crippen LogP contribution in [0.4, 0.5) is 23.0 Å². The molecular formula is C26H26N10. The number of hydrogen-bond donors (Lipinski definition) is 4. The highest BCUT2D eigenvalue weighted by Crippen LogP contribution is 2.40. The molecule has 0 radical (unpaired) electrons. The molecule has 2 aromatic carbocycles. The summed E-state index contributed by atoms with van der Waals surface area (Å²) in [5, 5.41) is 24.1. The lowest BCUT2D eigenvalue weighted by atomic mass is 9.95. The van der Waals surface area contributed by atoms with Gasteiger partial charge in [-0.25, -0.2) is 9.98 Å². The van der Waals surface area contributed by atoms with Crippen molar-refractivity contribution < 1.29 is 0 Å². The Kier molecular flexibility index (Phi) is 6.27. The lowest BCUT2D eigenvalue weighted by Gasteiger charge is -2.36. The Morgan fingerprint density at radius 1 is 1.00 bits per heavy atom. The molecule has 0 spiro atoms. The van der Waals surface area contributed by atoms with Crippen LogP contribution in [0.2, 0.25) is 0 Å². The monoisotopic (exact) mass is 478 g/mol. The first-order valence-corrected chi connectivity index (χ1v) is 11.7. The Morgan fingerprint density at radius 2 is 1.72 bits per heavy atom. The maximum absolute atomic E-state index is 9.51. The van der Waals surface area contributed by atoms with Crippen molar-refractivity contribution in [1.82, 2.24) is 15.2 Å². The number of fused-ring (bicyclic) bond motifs is 1. The van der Waals surface area contributed by atoms with Gasteiger partial charge >= 0.3 is 0 Å². The highest BCUT2D eigenvalue weighted by molar-refractivity contribution is 5.98. The van der Waals surface area contributed by atoms with Crippen LogP contribution in [0.5, 0.6) is 0 Å². The van der Waals surface area contributed by atoms with Gasteiger partial charge in [-0.05, 0) is 23.3 Å². The number of anilines is 4. The number of aromatic nitrogens is 1. The number of rotatable bonds is 4. The number of nitrogens with two attached hydrogens (primary N) is 2. The van der Waals surface area contributed by atoms with Gasteiger partial charge in [0.15, 0.2) is 6.19 Å². The predicted octanol–water partition coefficient (Wildman–Crippen LogP) is 2.38. The van der Waals surface area contributed by atoms with Crippen LogP contribution >= 0.6 is 0 Å². The van der Waals surface area contributed by atoms with Gasteiger partial charge in [-0.15, -0.1) is 0 Å². The number of pyridine rings is 1. The lowest BCUT2D eigenvalue weighted by Crippen LogP contribution is -2.45. The number of nitrogen functional groups attached to an aromatic ring is 2. The van der Waals surface area contributed by atoms with Crippen molar-refractivity contribution in [3.63, 3.8) is 0 Å². The van der Waals surface area contributed by atoms with Gasteiger partial charge < -0.3 is 21.7 Å². The summed E-state index contributed by atoms with van der Waals surface area (Å²) < 4.78 is 0. The SMILES string of the molecule is N#CNC1=NC(c2ccc(N3CCN(Cc4ccccc4)CC3)cc2)c2c(nc(N)c(C#N)c2N)N1. The topological polar surface area (TPSA) is 155 Å². The number of guanidine groups is 1. The molecule has 0 aliphatic carbocycles. The van der Waals surface area contributed by atoms with Crippen molar-refractivity contribution in [1.29, 1.82) is 10.5 Å². The average molecular weight is 479 g/mol. The molecule has 2 aliphatic heterocycles. The smallest absolute Gasteiger partial charge is 0.211 e. The Bertz CT molecular complexity index is 1360. The van der Waals surface area contributed by atoms with Crippen molar-refractivity contribution in [2.24, 2.45) is 4.99 Å². The fourth-order valence-corrected chi connectivity index (χ4v) is 4.70.